The Kier molecular flexibility index (Phi) is 5.38. The van der Waals surface area contributed by atoms with Gasteiger partial charge < -0.3 is 19.4 Å². The first-order valence-electron chi connectivity index (χ1n) is 8.34. The van der Waals surface area contributed by atoms with Crippen LogP contribution < -0.4 is 9.80 Å². The Labute approximate surface area is 148 Å². The Balaban J connectivity index is 0.00000169. The topological polar surface area (TPSA) is 44.7 Å². The average molecular weight is 350 g/mol. The normalized spacial score (nSPS) is 19.4. The number of likely N-dealkylation sites (N-methyl/N-ethyl adjacent to an activating group) is 1. The number of rotatable bonds is 2. The van der Waals surface area contributed by atoms with E-state index in [1.165, 1.54) is 0 Å². The van der Waals surface area contributed by atoms with Gasteiger partial charge in [0.05, 0.1) is 18.7 Å². The zero-order valence-electron chi connectivity index (χ0n) is 14.0. The van der Waals surface area contributed by atoms with Gasteiger partial charge in [0.1, 0.15) is 5.82 Å². The van der Waals surface area contributed by atoms with E-state index < -0.39 is 0 Å². The zero-order chi connectivity index (χ0) is 15.6. The Bertz CT molecular complexity index is 684. The summed E-state index contributed by atoms with van der Waals surface area (Å²) < 4.78 is 5.49. The fraction of sp³-hybridized carbons (Fsp3) is 0.529. The Morgan fingerprint density at radius 1 is 0.875 bits per heavy atom. The first kappa shape index (κ1) is 17.2. The maximum atomic E-state index is 5.49. The van der Waals surface area contributed by atoms with Gasteiger partial charge in [-0.15, -0.1) is 12.4 Å². The zero-order valence-corrected chi connectivity index (χ0v) is 14.8. The molecule has 0 spiro atoms. The predicted octanol–water partition coefficient (Wildman–Crippen LogP) is 1.64. The summed E-state index contributed by atoms with van der Waals surface area (Å²) in [5.74, 6) is 1.91. The molecule has 0 saturated carbocycles. The van der Waals surface area contributed by atoms with Crippen molar-refractivity contribution in [3.05, 3.63) is 24.3 Å². The molecule has 7 heteroatoms. The summed E-state index contributed by atoms with van der Waals surface area (Å²) in [4.78, 5) is 16.7. The van der Waals surface area contributed by atoms with Gasteiger partial charge in [-0.05, 0) is 19.2 Å². The molecular weight excluding hydrogens is 326 g/mol. The molecule has 2 aliphatic heterocycles. The number of piperazine rings is 1. The molecule has 1 aromatic carbocycles. The second kappa shape index (κ2) is 7.51. The van der Waals surface area contributed by atoms with Gasteiger partial charge in [-0.2, -0.15) is 4.98 Å². The SMILES string of the molecule is CN1CCN(c2nc(N3CCOCC3)c3ccccc3n2)CC1.Cl. The number of nitrogens with zero attached hydrogens (tertiary/aromatic N) is 5. The van der Waals surface area contributed by atoms with Crippen LogP contribution in [0.2, 0.25) is 0 Å². The number of halogens is 1. The number of aromatic nitrogens is 2. The van der Waals surface area contributed by atoms with E-state index in [2.05, 4.69) is 39.9 Å². The van der Waals surface area contributed by atoms with Crippen LogP contribution in [0.25, 0.3) is 10.9 Å². The minimum atomic E-state index is 0. The van der Waals surface area contributed by atoms with Crippen LogP contribution in [0.1, 0.15) is 0 Å². The molecule has 0 unspecified atom stereocenters. The molecule has 0 atom stereocenters. The minimum absolute atomic E-state index is 0. The number of para-hydroxylation sites is 1. The molecule has 6 nitrogen and oxygen atoms in total. The molecule has 3 heterocycles. The van der Waals surface area contributed by atoms with E-state index in [-0.39, 0.29) is 12.4 Å². The maximum absolute atomic E-state index is 5.49. The van der Waals surface area contributed by atoms with E-state index in [0.717, 1.165) is 75.2 Å². The van der Waals surface area contributed by atoms with Crippen molar-refractivity contribution in [3.8, 4) is 0 Å². The lowest BCUT2D eigenvalue weighted by Gasteiger charge is -2.34. The molecule has 2 saturated heterocycles. The summed E-state index contributed by atoms with van der Waals surface area (Å²) in [6.07, 6.45) is 0. The van der Waals surface area contributed by atoms with Crippen LogP contribution in [0.3, 0.4) is 0 Å². The van der Waals surface area contributed by atoms with Crippen molar-refractivity contribution < 1.29 is 4.74 Å². The number of ether oxygens (including phenoxy) is 1. The van der Waals surface area contributed by atoms with E-state index in [0.29, 0.717) is 0 Å². The summed E-state index contributed by atoms with van der Waals surface area (Å²) in [6.45, 7) is 7.40. The van der Waals surface area contributed by atoms with Crippen molar-refractivity contribution in [1.29, 1.82) is 0 Å². The number of hydrogen-bond donors (Lipinski definition) is 0. The summed E-state index contributed by atoms with van der Waals surface area (Å²) in [6, 6.07) is 8.31. The van der Waals surface area contributed by atoms with Crippen LogP contribution in [0.4, 0.5) is 11.8 Å². The Hall–Kier alpha value is -1.63. The third-order valence-corrected chi connectivity index (χ3v) is 4.67. The molecule has 0 amide bonds. The monoisotopic (exact) mass is 349 g/mol. The number of benzene rings is 1. The molecule has 0 aliphatic carbocycles. The van der Waals surface area contributed by atoms with Gasteiger partial charge in [-0.25, -0.2) is 4.98 Å². The third-order valence-electron chi connectivity index (χ3n) is 4.67. The summed E-state index contributed by atoms with van der Waals surface area (Å²) >= 11 is 0. The van der Waals surface area contributed by atoms with Crippen molar-refractivity contribution in [2.45, 2.75) is 0 Å². The largest absolute Gasteiger partial charge is 0.378 e. The fourth-order valence-corrected chi connectivity index (χ4v) is 3.21. The van der Waals surface area contributed by atoms with Gasteiger partial charge in [0.2, 0.25) is 5.95 Å². The van der Waals surface area contributed by atoms with Crippen molar-refractivity contribution in [1.82, 2.24) is 14.9 Å². The molecule has 2 fully saturated rings. The van der Waals surface area contributed by atoms with Gasteiger partial charge in [-0.3, -0.25) is 0 Å². The molecule has 0 radical (unpaired) electrons. The van der Waals surface area contributed by atoms with Crippen LogP contribution in [0.15, 0.2) is 24.3 Å². The Morgan fingerprint density at radius 3 is 2.33 bits per heavy atom. The lowest BCUT2D eigenvalue weighted by molar-refractivity contribution is 0.122. The fourth-order valence-electron chi connectivity index (χ4n) is 3.21. The number of hydrogen-bond acceptors (Lipinski definition) is 6. The van der Waals surface area contributed by atoms with Crippen molar-refractivity contribution in [2.75, 3.05) is 69.3 Å². The van der Waals surface area contributed by atoms with E-state index in [4.69, 9.17) is 14.7 Å². The number of anilines is 2. The number of morpholine rings is 1. The van der Waals surface area contributed by atoms with E-state index in [1.807, 2.05) is 6.07 Å². The highest BCUT2D eigenvalue weighted by molar-refractivity contribution is 5.90. The molecular formula is C17H24ClN5O. The van der Waals surface area contributed by atoms with Gasteiger partial charge in [0, 0.05) is 44.7 Å². The van der Waals surface area contributed by atoms with Crippen LogP contribution in [-0.2, 0) is 4.74 Å². The predicted molar refractivity (Wildman–Crippen MR) is 99.5 cm³/mol. The molecule has 130 valence electrons. The minimum Gasteiger partial charge on any atom is -0.378 e. The van der Waals surface area contributed by atoms with E-state index in [9.17, 15) is 0 Å². The summed E-state index contributed by atoms with van der Waals surface area (Å²) in [7, 11) is 2.16. The lowest BCUT2D eigenvalue weighted by Crippen LogP contribution is -2.45. The average Bonchev–Trinajstić information content (AvgIpc) is 2.62. The van der Waals surface area contributed by atoms with Crippen LogP contribution in [0.5, 0.6) is 0 Å². The highest BCUT2D eigenvalue weighted by Gasteiger charge is 2.21. The number of fused-ring (bicyclic) bond motifs is 1. The standard InChI is InChI=1S/C17H23N5O.ClH/c1-20-6-8-22(9-7-20)17-18-15-5-3-2-4-14(15)16(19-17)21-10-12-23-13-11-21;/h2-5H,6-13H2,1H3;1H. The smallest absolute Gasteiger partial charge is 0.227 e. The van der Waals surface area contributed by atoms with Gasteiger partial charge in [0.25, 0.3) is 0 Å². The van der Waals surface area contributed by atoms with Gasteiger partial charge >= 0.3 is 0 Å². The molecule has 0 N–H and O–H groups in total. The van der Waals surface area contributed by atoms with Crippen LogP contribution in [0, 0.1) is 0 Å². The molecule has 0 bridgehead atoms. The molecule has 2 aromatic rings. The second-order valence-corrected chi connectivity index (χ2v) is 6.25. The maximum Gasteiger partial charge on any atom is 0.227 e. The quantitative estimate of drug-likeness (QED) is 0.821. The molecule has 24 heavy (non-hydrogen) atoms. The van der Waals surface area contributed by atoms with E-state index in [1.54, 1.807) is 0 Å². The lowest BCUT2D eigenvalue weighted by atomic mass is 10.2. The first-order chi connectivity index (χ1) is 11.3. The molecule has 4 rings (SSSR count). The van der Waals surface area contributed by atoms with Gasteiger partial charge in [0.15, 0.2) is 0 Å². The van der Waals surface area contributed by atoms with Gasteiger partial charge in [-0.1, -0.05) is 12.1 Å². The first-order valence-corrected chi connectivity index (χ1v) is 8.34. The molecule has 2 aliphatic rings. The van der Waals surface area contributed by atoms with Crippen molar-refractivity contribution in [3.63, 3.8) is 0 Å². The third kappa shape index (κ3) is 3.41. The highest BCUT2D eigenvalue weighted by Crippen LogP contribution is 2.27. The van der Waals surface area contributed by atoms with Crippen LogP contribution >= 0.6 is 12.4 Å². The Morgan fingerprint density at radius 2 is 1.58 bits per heavy atom. The molecule has 1 aromatic heterocycles. The van der Waals surface area contributed by atoms with Crippen LogP contribution in [-0.4, -0.2) is 74.4 Å². The summed E-state index contributed by atoms with van der Waals surface area (Å²) in [5, 5.41) is 1.13. The highest BCUT2D eigenvalue weighted by atomic mass is 35.5. The second-order valence-electron chi connectivity index (χ2n) is 6.25. The van der Waals surface area contributed by atoms with Crippen molar-refractivity contribution >= 4 is 35.1 Å². The summed E-state index contributed by atoms with van der Waals surface area (Å²) in [5.41, 5.74) is 1.03. The van der Waals surface area contributed by atoms with Crippen molar-refractivity contribution in [2.24, 2.45) is 0 Å². The van der Waals surface area contributed by atoms with E-state index >= 15 is 0 Å².